The Labute approximate surface area is 87.5 Å². The fraction of sp³-hybridized carbons (Fsp3) is 1.00. The zero-order chi connectivity index (χ0) is 9.90. The molecule has 0 amide bonds. The number of likely N-dealkylation sites (tertiary alicyclic amines) is 1. The molecule has 1 rings (SSSR count). The van der Waals surface area contributed by atoms with Crippen LogP contribution in [0.5, 0.6) is 0 Å². The van der Waals surface area contributed by atoms with Gasteiger partial charge in [0.1, 0.15) is 0 Å². The molecule has 1 unspecified atom stereocenters. The highest BCUT2D eigenvalue weighted by Crippen LogP contribution is 2.13. The third-order valence-corrected chi connectivity index (χ3v) is 2.70. The van der Waals surface area contributed by atoms with E-state index in [9.17, 15) is 0 Å². The van der Waals surface area contributed by atoms with Crippen LogP contribution in [0.25, 0.3) is 0 Å². The summed E-state index contributed by atoms with van der Waals surface area (Å²) in [6, 6.07) is 0.686. The molecule has 1 saturated heterocycles. The van der Waals surface area contributed by atoms with Crippen LogP contribution in [-0.2, 0) is 0 Å². The Hall–Kier alpha value is 0.270. The number of hydrogen-bond acceptors (Lipinski definition) is 3. The average molecular weight is 202 g/mol. The van der Waals surface area contributed by atoms with Gasteiger partial charge in [0.05, 0.1) is 0 Å². The van der Waals surface area contributed by atoms with Gasteiger partial charge < -0.3 is 10.2 Å². The van der Waals surface area contributed by atoms with Gasteiger partial charge in [0.25, 0.3) is 0 Å². The number of likely N-dealkylation sites (N-methyl/N-ethyl adjacent to an activating group) is 1. The Morgan fingerprint density at radius 1 is 1.54 bits per heavy atom. The molecule has 1 aliphatic heterocycles. The van der Waals surface area contributed by atoms with Gasteiger partial charge in [-0.05, 0) is 33.4 Å². The first kappa shape index (κ1) is 11.3. The van der Waals surface area contributed by atoms with Gasteiger partial charge in [-0.15, -0.1) is 0 Å². The highest BCUT2D eigenvalue weighted by Gasteiger charge is 2.22. The molecule has 0 spiro atoms. The lowest BCUT2D eigenvalue weighted by atomic mass is 10.2. The SMILES string of the molecule is CCN1CCC(NCC(C)(C)S)C1. The minimum absolute atomic E-state index is 0.111. The summed E-state index contributed by atoms with van der Waals surface area (Å²) in [4.78, 5) is 2.49. The van der Waals surface area contributed by atoms with E-state index in [1.807, 2.05) is 0 Å². The van der Waals surface area contributed by atoms with Gasteiger partial charge in [-0.3, -0.25) is 0 Å². The van der Waals surface area contributed by atoms with Gasteiger partial charge in [-0.2, -0.15) is 12.6 Å². The zero-order valence-electron chi connectivity index (χ0n) is 9.01. The summed E-state index contributed by atoms with van der Waals surface area (Å²) < 4.78 is 0.111. The van der Waals surface area contributed by atoms with Crippen LogP contribution in [0.4, 0.5) is 0 Å². The Morgan fingerprint density at radius 3 is 2.69 bits per heavy atom. The molecule has 1 fully saturated rings. The van der Waals surface area contributed by atoms with E-state index in [0.717, 1.165) is 6.54 Å². The summed E-state index contributed by atoms with van der Waals surface area (Å²) in [5, 5.41) is 3.57. The lowest BCUT2D eigenvalue weighted by Gasteiger charge is -2.21. The maximum absolute atomic E-state index is 4.50. The molecule has 2 nitrogen and oxygen atoms in total. The van der Waals surface area contributed by atoms with Crippen molar-refractivity contribution < 1.29 is 0 Å². The quantitative estimate of drug-likeness (QED) is 0.670. The Morgan fingerprint density at radius 2 is 2.23 bits per heavy atom. The molecule has 0 aromatic heterocycles. The fourth-order valence-corrected chi connectivity index (χ4v) is 1.77. The summed E-state index contributed by atoms with van der Waals surface area (Å²) in [6.45, 7) is 11.2. The molecule has 1 atom stereocenters. The fourth-order valence-electron chi connectivity index (χ4n) is 1.68. The van der Waals surface area contributed by atoms with Gasteiger partial charge >= 0.3 is 0 Å². The van der Waals surface area contributed by atoms with E-state index in [2.05, 4.69) is 43.6 Å². The lowest BCUT2D eigenvalue weighted by molar-refractivity contribution is 0.344. The smallest absolute Gasteiger partial charge is 0.0207 e. The van der Waals surface area contributed by atoms with E-state index in [0.29, 0.717) is 6.04 Å². The lowest BCUT2D eigenvalue weighted by Crippen LogP contribution is -2.39. The molecule has 1 heterocycles. The number of hydrogen-bond donors (Lipinski definition) is 2. The minimum Gasteiger partial charge on any atom is -0.311 e. The molecule has 1 aliphatic rings. The van der Waals surface area contributed by atoms with Crippen molar-refractivity contribution in [2.75, 3.05) is 26.2 Å². The third kappa shape index (κ3) is 4.34. The predicted molar refractivity (Wildman–Crippen MR) is 61.6 cm³/mol. The van der Waals surface area contributed by atoms with Crippen molar-refractivity contribution in [3.05, 3.63) is 0 Å². The second kappa shape index (κ2) is 4.67. The van der Waals surface area contributed by atoms with Crippen molar-refractivity contribution in [2.45, 2.75) is 38.0 Å². The molecule has 0 bridgehead atoms. The standard InChI is InChI=1S/C10H22N2S/c1-4-12-6-5-9(7-12)11-8-10(2,3)13/h9,11,13H,4-8H2,1-3H3. The molecule has 3 heteroatoms. The molecule has 78 valence electrons. The monoisotopic (exact) mass is 202 g/mol. The van der Waals surface area contributed by atoms with Crippen molar-refractivity contribution in [1.82, 2.24) is 10.2 Å². The molecule has 13 heavy (non-hydrogen) atoms. The first-order valence-electron chi connectivity index (χ1n) is 5.19. The maximum atomic E-state index is 4.50. The zero-order valence-corrected chi connectivity index (χ0v) is 9.90. The predicted octanol–water partition coefficient (Wildman–Crippen LogP) is 1.38. The van der Waals surface area contributed by atoms with Gasteiger partial charge in [-0.25, -0.2) is 0 Å². The van der Waals surface area contributed by atoms with Crippen molar-refractivity contribution in [3.8, 4) is 0 Å². The second-order valence-corrected chi connectivity index (χ2v) is 5.78. The molecular weight excluding hydrogens is 180 g/mol. The number of rotatable bonds is 4. The summed E-state index contributed by atoms with van der Waals surface area (Å²) >= 11 is 4.50. The highest BCUT2D eigenvalue weighted by molar-refractivity contribution is 7.81. The highest BCUT2D eigenvalue weighted by atomic mass is 32.1. The van der Waals surface area contributed by atoms with E-state index in [1.54, 1.807) is 0 Å². The normalized spacial score (nSPS) is 25.4. The van der Waals surface area contributed by atoms with Gasteiger partial charge in [0, 0.05) is 23.9 Å². The van der Waals surface area contributed by atoms with Crippen LogP contribution in [0.2, 0.25) is 0 Å². The average Bonchev–Trinajstić information content (AvgIpc) is 2.47. The Bertz CT molecular complexity index is 153. The van der Waals surface area contributed by atoms with Gasteiger partial charge in [0.2, 0.25) is 0 Å². The van der Waals surface area contributed by atoms with Crippen molar-refractivity contribution in [3.63, 3.8) is 0 Å². The van der Waals surface area contributed by atoms with E-state index in [4.69, 9.17) is 0 Å². The van der Waals surface area contributed by atoms with E-state index in [1.165, 1.54) is 26.1 Å². The van der Waals surface area contributed by atoms with Crippen LogP contribution in [-0.4, -0.2) is 41.9 Å². The molecule has 0 saturated carbocycles. The molecule has 0 radical (unpaired) electrons. The summed E-state index contributed by atoms with van der Waals surface area (Å²) in [5.41, 5.74) is 0. The molecule has 0 aromatic carbocycles. The van der Waals surface area contributed by atoms with Crippen LogP contribution >= 0.6 is 12.6 Å². The van der Waals surface area contributed by atoms with Crippen molar-refractivity contribution in [2.24, 2.45) is 0 Å². The second-order valence-electron chi connectivity index (χ2n) is 4.57. The van der Waals surface area contributed by atoms with Crippen molar-refractivity contribution >= 4 is 12.6 Å². The van der Waals surface area contributed by atoms with Crippen LogP contribution in [0, 0.1) is 0 Å². The summed E-state index contributed by atoms with van der Waals surface area (Å²) in [7, 11) is 0. The van der Waals surface area contributed by atoms with Crippen LogP contribution in [0.1, 0.15) is 27.2 Å². The van der Waals surface area contributed by atoms with Crippen LogP contribution in [0.15, 0.2) is 0 Å². The molecule has 0 aliphatic carbocycles. The number of nitrogens with zero attached hydrogens (tertiary/aromatic N) is 1. The molecule has 1 N–H and O–H groups in total. The maximum Gasteiger partial charge on any atom is 0.0207 e. The molecule has 0 aromatic rings. The van der Waals surface area contributed by atoms with Gasteiger partial charge in [-0.1, -0.05) is 6.92 Å². The van der Waals surface area contributed by atoms with Gasteiger partial charge in [0.15, 0.2) is 0 Å². The largest absolute Gasteiger partial charge is 0.311 e. The third-order valence-electron chi connectivity index (χ3n) is 2.54. The minimum atomic E-state index is 0.111. The van der Waals surface area contributed by atoms with E-state index < -0.39 is 0 Å². The Balaban J connectivity index is 2.17. The topological polar surface area (TPSA) is 15.3 Å². The number of thiol groups is 1. The first-order valence-corrected chi connectivity index (χ1v) is 5.64. The summed E-state index contributed by atoms with van der Waals surface area (Å²) in [6.07, 6.45) is 1.29. The molecular formula is C10H22N2S. The van der Waals surface area contributed by atoms with Crippen LogP contribution in [0.3, 0.4) is 0 Å². The number of nitrogens with one attached hydrogen (secondary N) is 1. The van der Waals surface area contributed by atoms with Crippen LogP contribution < -0.4 is 5.32 Å². The first-order chi connectivity index (χ1) is 6.01. The van der Waals surface area contributed by atoms with E-state index >= 15 is 0 Å². The summed E-state index contributed by atoms with van der Waals surface area (Å²) in [5.74, 6) is 0. The van der Waals surface area contributed by atoms with Crippen molar-refractivity contribution in [1.29, 1.82) is 0 Å². The Kier molecular flexibility index (Phi) is 4.07. The van der Waals surface area contributed by atoms with E-state index in [-0.39, 0.29) is 4.75 Å².